The van der Waals surface area contributed by atoms with Gasteiger partial charge in [-0.25, -0.2) is 4.79 Å². The Morgan fingerprint density at radius 1 is 1.54 bits per heavy atom. The zero-order valence-electron chi connectivity index (χ0n) is 6.25. The summed E-state index contributed by atoms with van der Waals surface area (Å²) in [5.74, 6) is -1.08. The zero-order chi connectivity index (χ0) is 10.1. The van der Waals surface area contributed by atoms with Crippen molar-refractivity contribution in [3.63, 3.8) is 0 Å². The molecule has 0 aliphatic rings. The standard InChI is InChI=1S/C5H3F3N2O2S/c1-12-4(11)2-3(5(6,7)8)9-10-13-2/h1H3. The van der Waals surface area contributed by atoms with Crippen LogP contribution in [0.25, 0.3) is 0 Å². The van der Waals surface area contributed by atoms with E-state index < -0.39 is 22.7 Å². The number of ether oxygens (including phenoxy) is 1. The normalized spacial score (nSPS) is 11.4. The molecule has 0 aliphatic carbocycles. The Kier molecular flexibility index (Phi) is 2.50. The zero-order valence-corrected chi connectivity index (χ0v) is 7.07. The molecule has 0 fully saturated rings. The molecule has 1 aromatic rings. The molecule has 0 aliphatic heterocycles. The highest BCUT2D eigenvalue weighted by molar-refractivity contribution is 7.07. The fourth-order valence-electron chi connectivity index (χ4n) is 0.603. The van der Waals surface area contributed by atoms with E-state index in [9.17, 15) is 18.0 Å². The second kappa shape index (κ2) is 3.29. The van der Waals surface area contributed by atoms with Crippen molar-refractivity contribution in [2.45, 2.75) is 6.18 Å². The monoisotopic (exact) mass is 212 g/mol. The lowest BCUT2D eigenvalue weighted by atomic mass is 10.3. The average molecular weight is 212 g/mol. The molecule has 0 aromatic carbocycles. The fourth-order valence-corrected chi connectivity index (χ4v) is 1.21. The van der Waals surface area contributed by atoms with E-state index in [2.05, 4.69) is 14.3 Å². The summed E-state index contributed by atoms with van der Waals surface area (Å²) in [5, 5.41) is 2.80. The molecule has 0 spiro atoms. The lowest BCUT2D eigenvalue weighted by Gasteiger charge is -2.02. The van der Waals surface area contributed by atoms with E-state index in [1.807, 2.05) is 0 Å². The largest absolute Gasteiger partial charge is 0.465 e. The van der Waals surface area contributed by atoms with E-state index in [1.54, 1.807) is 0 Å². The predicted molar refractivity (Wildman–Crippen MR) is 36.3 cm³/mol. The molecule has 0 atom stereocenters. The summed E-state index contributed by atoms with van der Waals surface area (Å²) in [4.78, 5) is 10.1. The maximum Gasteiger partial charge on any atom is 0.436 e. The van der Waals surface area contributed by atoms with Crippen LogP contribution in [0.4, 0.5) is 13.2 Å². The van der Waals surface area contributed by atoms with E-state index >= 15 is 0 Å². The third-order valence-corrected chi connectivity index (χ3v) is 1.83. The summed E-state index contributed by atoms with van der Waals surface area (Å²) in [6.07, 6.45) is -4.67. The number of methoxy groups -OCH3 is 1. The third kappa shape index (κ3) is 1.94. The first-order valence-electron chi connectivity index (χ1n) is 2.94. The number of esters is 1. The van der Waals surface area contributed by atoms with Crippen LogP contribution >= 0.6 is 11.5 Å². The number of aromatic nitrogens is 2. The average Bonchev–Trinajstić information content (AvgIpc) is 2.49. The molecular weight excluding hydrogens is 209 g/mol. The molecule has 8 heteroatoms. The lowest BCUT2D eigenvalue weighted by molar-refractivity contribution is -0.141. The molecule has 0 radical (unpaired) electrons. The molecule has 0 saturated heterocycles. The first-order valence-corrected chi connectivity index (χ1v) is 3.72. The smallest absolute Gasteiger partial charge is 0.436 e. The molecule has 0 unspecified atom stereocenters. The minimum Gasteiger partial charge on any atom is -0.465 e. The van der Waals surface area contributed by atoms with Gasteiger partial charge < -0.3 is 4.74 Å². The summed E-state index contributed by atoms with van der Waals surface area (Å²) >= 11 is 0.353. The van der Waals surface area contributed by atoms with E-state index in [1.165, 1.54) is 0 Å². The predicted octanol–water partition coefficient (Wildman–Crippen LogP) is 1.34. The van der Waals surface area contributed by atoms with Crippen molar-refractivity contribution in [2.75, 3.05) is 7.11 Å². The molecule has 0 amide bonds. The Hall–Kier alpha value is -1.18. The van der Waals surface area contributed by atoms with Crippen LogP contribution in [0.5, 0.6) is 0 Å². The van der Waals surface area contributed by atoms with Crippen LogP contribution in [-0.2, 0) is 10.9 Å². The van der Waals surface area contributed by atoms with Gasteiger partial charge in [-0.05, 0) is 11.5 Å². The minimum atomic E-state index is -4.67. The summed E-state index contributed by atoms with van der Waals surface area (Å²) in [6, 6.07) is 0. The Labute approximate surface area is 74.5 Å². The summed E-state index contributed by atoms with van der Waals surface area (Å²) in [7, 11) is 0.988. The molecule has 1 rings (SSSR count). The fraction of sp³-hybridized carbons (Fsp3) is 0.400. The second-order valence-corrected chi connectivity index (χ2v) is 2.69. The summed E-state index contributed by atoms with van der Waals surface area (Å²) in [6.45, 7) is 0. The van der Waals surface area contributed by atoms with Gasteiger partial charge in [-0.1, -0.05) is 4.49 Å². The van der Waals surface area contributed by atoms with Crippen molar-refractivity contribution in [3.8, 4) is 0 Å². The molecule has 0 bridgehead atoms. The van der Waals surface area contributed by atoms with Gasteiger partial charge in [-0.15, -0.1) is 5.10 Å². The van der Waals surface area contributed by atoms with Gasteiger partial charge in [0.05, 0.1) is 7.11 Å². The summed E-state index contributed by atoms with van der Waals surface area (Å²) < 4.78 is 43.4. The molecule has 13 heavy (non-hydrogen) atoms. The van der Waals surface area contributed by atoms with Crippen molar-refractivity contribution < 1.29 is 22.7 Å². The Morgan fingerprint density at radius 3 is 2.62 bits per heavy atom. The Bertz CT molecular complexity index is 322. The number of rotatable bonds is 1. The van der Waals surface area contributed by atoms with Crippen LogP contribution in [0.3, 0.4) is 0 Å². The van der Waals surface area contributed by atoms with Gasteiger partial charge in [0.15, 0.2) is 10.6 Å². The quantitative estimate of drug-likeness (QED) is 0.659. The maximum atomic E-state index is 12.1. The summed E-state index contributed by atoms with van der Waals surface area (Å²) in [5.41, 5.74) is -1.30. The number of carbonyl (C=O) groups excluding carboxylic acids is 1. The number of carbonyl (C=O) groups is 1. The van der Waals surface area contributed by atoms with Crippen LogP contribution in [0.15, 0.2) is 0 Å². The topological polar surface area (TPSA) is 52.1 Å². The number of halogens is 3. The van der Waals surface area contributed by atoms with Crippen molar-refractivity contribution in [1.29, 1.82) is 0 Å². The molecule has 1 aromatic heterocycles. The third-order valence-electron chi connectivity index (χ3n) is 1.13. The molecule has 0 N–H and O–H groups in total. The van der Waals surface area contributed by atoms with Gasteiger partial charge in [-0.2, -0.15) is 13.2 Å². The van der Waals surface area contributed by atoms with Gasteiger partial charge in [0.25, 0.3) is 0 Å². The van der Waals surface area contributed by atoms with Gasteiger partial charge in [0.1, 0.15) is 0 Å². The highest BCUT2D eigenvalue weighted by atomic mass is 32.1. The van der Waals surface area contributed by atoms with E-state index in [4.69, 9.17) is 0 Å². The number of alkyl halides is 3. The molecule has 1 heterocycles. The SMILES string of the molecule is COC(=O)c1snnc1C(F)(F)F. The second-order valence-electron chi connectivity index (χ2n) is 1.94. The molecule has 4 nitrogen and oxygen atoms in total. The van der Waals surface area contributed by atoms with Crippen molar-refractivity contribution in [2.24, 2.45) is 0 Å². The Balaban J connectivity index is 3.10. The van der Waals surface area contributed by atoms with Crippen LogP contribution in [0.1, 0.15) is 15.4 Å². The van der Waals surface area contributed by atoms with Crippen molar-refractivity contribution in [1.82, 2.24) is 9.59 Å². The number of hydrogen-bond donors (Lipinski definition) is 0. The van der Waals surface area contributed by atoms with E-state index in [0.29, 0.717) is 11.5 Å². The number of nitrogens with zero attached hydrogens (tertiary/aromatic N) is 2. The molecule has 72 valence electrons. The van der Waals surface area contributed by atoms with Crippen molar-refractivity contribution >= 4 is 17.5 Å². The van der Waals surface area contributed by atoms with Gasteiger partial charge in [0.2, 0.25) is 0 Å². The number of hydrogen-bond acceptors (Lipinski definition) is 5. The minimum absolute atomic E-state index is 0.353. The van der Waals surface area contributed by atoms with Gasteiger partial charge >= 0.3 is 12.1 Å². The van der Waals surface area contributed by atoms with Crippen LogP contribution in [0.2, 0.25) is 0 Å². The maximum absolute atomic E-state index is 12.1. The molecule has 0 saturated carbocycles. The van der Waals surface area contributed by atoms with E-state index in [-0.39, 0.29) is 0 Å². The first kappa shape index (κ1) is 9.90. The van der Waals surface area contributed by atoms with Crippen LogP contribution in [0, 0.1) is 0 Å². The van der Waals surface area contributed by atoms with Gasteiger partial charge in [0, 0.05) is 0 Å². The molecular formula is C5H3F3N2O2S. The van der Waals surface area contributed by atoms with Crippen LogP contribution < -0.4 is 0 Å². The van der Waals surface area contributed by atoms with E-state index in [0.717, 1.165) is 7.11 Å². The highest BCUT2D eigenvalue weighted by Gasteiger charge is 2.39. The first-order chi connectivity index (χ1) is 5.96. The van der Waals surface area contributed by atoms with Gasteiger partial charge in [-0.3, -0.25) is 0 Å². The Morgan fingerprint density at radius 2 is 2.15 bits per heavy atom. The lowest BCUT2D eigenvalue weighted by Crippen LogP contribution is -2.12. The van der Waals surface area contributed by atoms with Crippen LogP contribution in [-0.4, -0.2) is 22.7 Å². The highest BCUT2D eigenvalue weighted by Crippen LogP contribution is 2.31. The van der Waals surface area contributed by atoms with Crippen molar-refractivity contribution in [3.05, 3.63) is 10.6 Å².